The van der Waals surface area contributed by atoms with Crippen LogP contribution in [0.25, 0.3) is 0 Å². The fourth-order valence-electron chi connectivity index (χ4n) is 2.13. The summed E-state index contributed by atoms with van der Waals surface area (Å²) in [5, 5.41) is 0.210. The number of ether oxygens (including phenoxy) is 1. The van der Waals surface area contributed by atoms with Crippen LogP contribution in [0.4, 0.5) is 0 Å². The Morgan fingerprint density at radius 1 is 1.40 bits per heavy atom. The van der Waals surface area contributed by atoms with Gasteiger partial charge in [0.15, 0.2) is 0 Å². The number of hydrogen-bond acceptors (Lipinski definition) is 3. The Balaban J connectivity index is 2.66. The SMILES string of the molecule is CCOC(=O)CC1C=C(O[Si](C)(C)C(C)(C)C)CCC1. The Bertz CT molecular complexity index is 366. The van der Waals surface area contributed by atoms with Crippen LogP contribution in [0.3, 0.4) is 0 Å². The van der Waals surface area contributed by atoms with E-state index in [1.54, 1.807) is 0 Å². The van der Waals surface area contributed by atoms with Gasteiger partial charge in [-0.3, -0.25) is 4.79 Å². The fraction of sp³-hybridized carbons (Fsp3) is 0.812. The molecule has 4 heteroatoms. The van der Waals surface area contributed by atoms with E-state index in [-0.39, 0.29) is 16.9 Å². The number of rotatable bonds is 5. The first kappa shape index (κ1) is 17.3. The van der Waals surface area contributed by atoms with E-state index >= 15 is 0 Å². The van der Waals surface area contributed by atoms with Crippen molar-refractivity contribution in [1.29, 1.82) is 0 Å². The van der Waals surface area contributed by atoms with Gasteiger partial charge < -0.3 is 9.16 Å². The first-order valence-electron chi connectivity index (χ1n) is 7.71. The number of allylic oxidation sites excluding steroid dienone is 2. The van der Waals surface area contributed by atoms with E-state index in [4.69, 9.17) is 9.16 Å². The number of carbonyl (C=O) groups excluding carboxylic acids is 1. The van der Waals surface area contributed by atoms with Crippen molar-refractivity contribution in [2.24, 2.45) is 5.92 Å². The molecule has 20 heavy (non-hydrogen) atoms. The first-order chi connectivity index (χ1) is 9.15. The highest BCUT2D eigenvalue weighted by atomic mass is 28.4. The second-order valence-electron chi connectivity index (χ2n) is 7.16. The van der Waals surface area contributed by atoms with Crippen molar-refractivity contribution in [3.63, 3.8) is 0 Å². The Kier molecular flexibility index (Phi) is 5.87. The van der Waals surface area contributed by atoms with Crippen LogP contribution in [-0.2, 0) is 14.0 Å². The van der Waals surface area contributed by atoms with Crippen LogP contribution in [-0.4, -0.2) is 20.9 Å². The zero-order valence-electron chi connectivity index (χ0n) is 13.9. The molecular formula is C16H30O3Si. The van der Waals surface area contributed by atoms with Crippen molar-refractivity contribution in [3.05, 3.63) is 11.8 Å². The Hall–Kier alpha value is -0.773. The predicted molar refractivity (Wildman–Crippen MR) is 85.0 cm³/mol. The third-order valence-electron chi connectivity index (χ3n) is 4.35. The molecule has 0 aromatic heterocycles. The van der Waals surface area contributed by atoms with E-state index in [0.29, 0.717) is 13.0 Å². The maximum atomic E-state index is 11.6. The minimum Gasteiger partial charge on any atom is -0.547 e. The molecule has 0 spiro atoms. The largest absolute Gasteiger partial charge is 0.547 e. The van der Waals surface area contributed by atoms with Gasteiger partial charge in [-0.1, -0.05) is 20.8 Å². The zero-order valence-corrected chi connectivity index (χ0v) is 14.9. The van der Waals surface area contributed by atoms with Gasteiger partial charge >= 0.3 is 5.97 Å². The lowest BCUT2D eigenvalue weighted by molar-refractivity contribution is -0.143. The minimum absolute atomic E-state index is 0.0951. The molecule has 0 saturated heterocycles. The van der Waals surface area contributed by atoms with Crippen LogP contribution >= 0.6 is 0 Å². The van der Waals surface area contributed by atoms with Crippen molar-refractivity contribution in [1.82, 2.24) is 0 Å². The van der Waals surface area contributed by atoms with Crippen LogP contribution in [0.1, 0.15) is 53.4 Å². The summed E-state index contributed by atoms with van der Waals surface area (Å²) in [4.78, 5) is 11.6. The van der Waals surface area contributed by atoms with Gasteiger partial charge in [-0.2, -0.15) is 0 Å². The molecule has 1 unspecified atom stereocenters. The second kappa shape index (κ2) is 6.79. The van der Waals surface area contributed by atoms with Gasteiger partial charge in [-0.15, -0.1) is 0 Å². The van der Waals surface area contributed by atoms with E-state index in [9.17, 15) is 4.79 Å². The van der Waals surface area contributed by atoms with Crippen molar-refractivity contribution < 1.29 is 14.0 Å². The molecule has 1 aliphatic rings. The summed E-state index contributed by atoms with van der Waals surface area (Å²) in [5.41, 5.74) is 0. The highest BCUT2D eigenvalue weighted by molar-refractivity contribution is 6.74. The molecule has 0 N–H and O–H groups in total. The number of hydrogen-bond donors (Lipinski definition) is 0. The molecule has 0 radical (unpaired) electrons. The van der Waals surface area contributed by atoms with Crippen LogP contribution in [0.15, 0.2) is 11.8 Å². The predicted octanol–water partition coefficient (Wildman–Crippen LogP) is 4.65. The molecule has 0 aromatic rings. The number of carbonyl (C=O) groups is 1. The Morgan fingerprint density at radius 3 is 2.60 bits per heavy atom. The van der Waals surface area contributed by atoms with Gasteiger partial charge in [-0.25, -0.2) is 0 Å². The molecule has 116 valence electrons. The van der Waals surface area contributed by atoms with Crippen LogP contribution in [0.2, 0.25) is 18.1 Å². The monoisotopic (exact) mass is 298 g/mol. The maximum absolute atomic E-state index is 11.6. The second-order valence-corrected chi connectivity index (χ2v) is 11.9. The van der Waals surface area contributed by atoms with E-state index in [0.717, 1.165) is 25.0 Å². The molecular weight excluding hydrogens is 268 g/mol. The van der Waals surface area contributed by atoms with Gasteiger partial charge in [0.25, 0.3) is 0 Å². The van der Waals surface area contributed by atoms with E-state index in [1.807, 2.05) is 6.92 Å². The summed E-state index contributed by atoms with van der Waals surface area (Å²) in [6, 6.07) is 0. The molecule has 3 nitrogen and oxygen atoms in total. The third-order valence-corrected chi connectivity index (χ3v) is 8.73. The normalized spacial score (nSPS) is 20.3. The van der Waals surface area contributed by atoms with E-state index < -0.39 is 8.32 Å². The molecule has 0 amide bonds. The molecule has 0 aromatic carbocycles. The van der Waals surface area contributed by atoms with Gasteiger partial charge in [0, 0.05) is 6.42 Å². The number of esters is 1. The molecule has 1 rings (SSSR count). The average molecular weight is 298 g/mol. The molecule has 1 atom stereocenters. The third kappa shape index (κ3) is 4.96. The minimum atomic E-state index is -1.76. The molecule has 0 bridgehead atoms. The summed E-state index contributed by atoms with van der Waals surface area (Å²) < 4.78 is 11.4. The summed E-state index contributed by atoms with van der Waals surface area (Å²) in [7, 11) is -1.76. The molecule has 0 heterocycles. The summed E-state index contributed by atoms with van der Waals surface area (Å²) in [6.07, 6.45) is 5.82. The van der Waals surface area contributed by atoms with Gasteiger partial charge in [0.05, 0.1) is 18.8 Å². The average Bonchev–Trinajstić information content (AvgIpc) is 2.27. The lowest BCUT2D eigenvalue weighted by Crippen LogP contribution is -2.40. The standard InChI is InChI=1S/C16H30O3Si/c1-7-18-15(17)12-13-9-8-10-14(11-13)19-20(5,6)16(2,3)4/h11,13H,7-10,12H2,1-6H3. The molecule has 1 aliphatic carbocycles. The lowest BCUT2D eigenvalue weighted by Gasteiger charge is -2.38. The van der Waals surface area contributed by atoms with Gasteiger partial charge in [0.2, 0.25) is 8.32 Å². The Morgan fingerprint density at radius 2 is 2.05 bits per heavy atom. The smallest absolute Gasteiger partial charge is 0.306 e. The maximum Gasteiger partial charge on any atom is 0.306 e. The molecule has 0 fully saturated rings. The van der Waals surface area contributed by atoms with E-state index in [2.05, 4.69) is 39.9 Å². The summed E-state index contributed by atoms with van der Waals surface area (Å²) in [6.45, 7) is 13.6. The highest BCUT2D eigenvalue weighted by Gasteiger charge is 2.39. The summed E-state index contributed by atoms with van der Waals surface area (Å²) in [5.74, 6) is 1.28. The van der Waals surface area contributed by atoms with Crippen molar-refractivity contribution in [2.45, 2.75) is 71.5 Å². The fourth-order valence-corrected chi connectivity index (χ4v) is 3.26. The molecule has 0 aliphatic heterocycles. The van der Waals surface area contributed by atoms with Crippen LogP contribution in [0, 0.1) is 5.92 Å². The van der Waals surface area contributed by atoms with E-state index in [1.165, 1.54) is 0 Å². The zero-order chi connectivity index (χ0) is 15.4. The molecule has 0 saturated carbocycles. The van der Waals surface area contributed by atoms with Crippen molar-refractivity contribution >= 4 is 14.3 Å². The van der Waals surface area contributed by atoms with Gasteiger partial charge in [-0.05, 0) is 49.9 Å². The Labute approximate surface area is 124 Å². The van der Waals surface area contributed by atoms with Crippen molar-refractivity contribution in [2.75, 3.05) is 6.61 Å². The topological polar surface area (TPSA) is 35.5 Å². The highest BCUT2D eigenvalue weighted by Crippen LogP contribution is 2.39. The summed E-state index contributed by atoms with van der Waals surface area (Å²) >= 11 is 0. The van der Waals surface area contributed by atoms with Crippen LogP contribution in [0.5, 0.6) is 0 Å². The quantitative estimate of drug-likeness (QED) is 0.547. The van der Waals surface area contributed by atoms with Crippen molar-refractivity contribution in [3.8, 4) is 0 Å². The lowest BCUT2D eigenvalue weighted by atomic mass is 9.92. The van der Waals surface area contributed by atoms with Crippen LogP contribution < -0.4 is 0 Å². The first-order valence-corrected chi connectivity index (χ1v) is 10.6. The van der Waals surface area contributed by atoms with Gasteiger partial charge in [0.1, 0.15) is 0 Å².